The average molecular weight is 468 g/mol. The van der Waals surface area contributed by atoms with Gasteiger partial charge in [-0.15, -0.1) is 0 Å². The van der Waals surface area contributed by atoms with Gasteiger partial charge in [0.15, 0.2) is 5.78 Å². The lowest BCUT2D eigenvalue weighted by Crippen LogP contribution is -2.38. The first kappa shape index (κ1) is 22.9. The van der Waals surface area contributed by atoms with Gasteiger partial charge in [0.05, 0.1) is 0 Å². The molecule has 1 aliphatic carbocycles. The van der Waals surface area contributed by atoms with Crippen molar-refractivity contribution in [2.24, 2.45) is 10.9 Å². The molecule has 3 aromatic rings. The van der Waals surface area contributed by atoms with Crippen LogP contribution in [0.25, 0.3) is 0 Å². The van der Waals surface area contributed by atoms with Gasteiger partial charge in [-0.3, -0.25) is 14.6 Å². The van der Waals surface area contributed by atoms with Gasteiger partial charge in [0.1, 0.15) is 18.3 Å². The van der Waals surface area contributed by atoms with E-state index >= 15 is 0 Å². The van der Waals surface area contributed by atoms with Crippen LogP contribution in [0.2, 0.25) is 0 Å². The topological polar surface area (TPSA) is 55.7 Å². The largest absolute Gasteiger partial charge is 0.460 e. The summed E-state index contributed by atoms with van der Waals surface area (Å²) in [4.78, 5) is 31.7. The van der Waals surface area contributed by atoms with Crippen LogP contribution in [0.4, 0.5) is 4.39 Å². The number of carbonyl (C=O) groups is 2. The average Bonchev–Trinajstić information content (AvgIpc) is 2.88. The minimum absolute atomic E-state index is 0.0217. The molecule has 0 N–H and O–H groups in total. The van der Waals surface area contributed by atoms with E-state index in [2.05, 4.69) is 0 Å². The van der Waals surface area contributed by atoms with Gasteiger partial charge < -0.3 is 4.74 Å². The SMILES string of the molecule is CC1=NC2=C(C(=O)CC(c3ccccc3)C2)C(c2ccc(F)cc2)C1C(=O)OCc1ccccc1. The van der Waals surface area contributed by atoms with E-state index in [1.807, 2.05) is 67.6 Å². The molecule has 176 valence electrons. The Morgan fingerprint density at radius 3 is 2.26 bits per heavy atom. The number of allylic oxidation sites excluding steroid dienone is 2. The van der Waals surface area contributed by atoms with Crippen molar-refractivity contribution in [2.45, 2.75) is 38.2 Å². The summed E-state index contributed by atoms with van der Waals surface area (Å²) >= 11 is 0. The van der Waals surface area contributed by atoms with E-state index in [4.69, 9.17) is 9.73 Å². The fourth-order valence-corrected chi connectivity index (χ4v) is 5.17. The van der Waals surface area contributed by atoms with Crippen molar-refractivity contribution in [2.75, 3.05) is 0 Å². The van der Waals surface area contributed by atoms with Gasteiger partial charge in [0.25, 0.3) is 0 Å². The van der Waals surface area contributed by atoms with Crippen LogP contribution in [0.5, 0.6) is 0 Å². The van der Waals surface area contributed by atoms with E-state index in [1.54, 1.807) is 12.1 Å². The van der Waals surface area contributed by atoms with Gasteiger partial charge >= 0.3 is 5.97 Å². The highest BCUT2D eigenvalue weighted by molar-refractivity contribution is 6.09. The second-order valence-corrected chi connectivity index (χ2v) is 9.15. The van der Waals surface area contributed by atoms with E-state index < -0.39 is 17.8 Å². The van der Waals surface area contributed by atoms with Crippen molar-refractivity contribution < 1.29 is 18.7 Å². The molecule has 0 aromatic heterocycles. The van der Waals surface area contributed by atoms with Gasteiger partial charge in [-0.25, -0.2) is 4.39 Å². The standard InChI is InChI=1S/C30H26FNO3/c1-19-27(30(34)35-18-20-8-4-2-5-9-20)28(22-12-14-24(31)15-13-22)29-25(32-19)16-23(17-26(29)33)21-10-6-3-7-11-21/h2-15,23,27-28H,16-18H2,1H3. The number of ether oxygens (including phenoxy) is 1. The van der Waals surface area contributed by atoms with Crippen LogP contribution >= 0.6 is 0 Å². The van der Waals surface area contributed by atoms with E-state index in [9.17, 15) is 14.0 Å². The summed E-state index contributed by atoms with van der Waals surface area (Å²) in [5, 5.41) is 0. The van der Waals surface area contributed by atoms with Gasteiger partial charge in [0.2, 0.25) is 0 Å². The van der Waals surface area contributed by atoms with Crippen molar-refractivity contribution in [3.63, 3.8) is 0 Å². The molecule has 0 bridgehead atoms. The van der Waals surface area contributed by atoms with Crippen LogP contribution in [-0.2, 0) is 20.9 Å². The van der Waals surface area contributed by atoms with Crippen LogP contribution in [0.1, 0.15) is 48.3 Å². The van der Waals surface area contributed by atoms with Crippen LogP contribution in [0, 0.1) is 11.7 Å². The second kappa shape index (κ2) is 9.79. The zero-order valence-corrected chi connectivity index (χ0v) is 19.5. The zero-order chi connectivity index (χ0) is 24.4. The second-order valence-electron chi connectivity index (χ2n) is 9.15. The molecule has 3 atom stereocenters. The molecule has 0 fully saturated rings. The number of aliphatic imine (C=N–C) groups is 1. The predicted molar refractivity (Wildman–Crippen MR) is 132 cm³/mol. The van der Waals surface area contributed by atoms with Crippen molar-refractivity contribution in [1.82, 2.24) is 0 Å². The predicted octanol–water partition coefficient (Wildman–Crippen LogP) is 6.14. The molecule has 4 nitrogen and oxygen atoms in total. The quantitative estimate of drug-likeness (QED) is 0.423. The van der Waals surface area contributed by atoms with Crippen LogP contribution in [0.3, 0.4) is 0 Å². The lowest BCUT2D eigenvalue weighted by molar-refractivity contribution is -0.148. The van der Waals surface area contributed by atoms with E-state index in [0.717, 1.165) is 11.1 Å². The number of esters is 1. The molecule has 3 unspecified atom stereocenters. The highest BCUT2D eigenvalue weighted by Gasteiger charge is 2.44. The number of rotatable bonds is 5. The lowest BCUT2D eigenvalue weighted by Gasteiger charge is -2.36. The Morgan fingerprint density at radius 1 is 0.914 bits per heavy atom. The van der Waals surface area contributed by atoms with Crippen LogP contribution < -0.4 is 0 Å². The number of carbonyl (C=O) groups excluding carboxylic acids is 2. The van der Waals surface area contributed by atoms with Gasteiger partial charge in [-0.05, 0) is 48.1 Å². The summed E-state index contributed by atoms with van der Waals surface area (Å²) in [6, 6.07) is 25.4. The summed E-state index contributed by atoms with van der Waals surface area (Å²) in [7, 11) is 0. The molecule has 0 radical (unpaired) electrons. The summed E-state index contributed by atoms with van der Waals surface area (Å²) in [6.45, 7) is 1.95. The van der Waals surface area contributed by atoms with Crippen molar-refractivity contribution in [1.29, 1.82) is 0 Å². The third-order valence-corrected chi connectivity index (χ3v) is 6.87. The summed E-state index contributed by atoms with van der Waals surface area (Å²) in [5.41, 5.74) is 4.57. The van der Waals surface area contributed by atoms with Crippen LogP contribution in [0.15, 0.2) is 101 Å². The maximum Gasteiger partial charge on any atom is 0.315 e. The minimum Gasteiger partial charge on any atom is -0.460 e. The minimum atomic E-state index is -0.750. The Morgan fingerprint density at radius 2 is 1.57 bits per heavy atom. The highest BCUT2D eigenvalue weighted by Crippen LogP contribution is 2.46. The molecule has 0 saturated carbocycles. The monoisotopic (exact) mass is 467 g/mol. The Hall–Kier alpha value is -3.86. The number of Topliss-reactive ketones (excluding diaryl/α,β-unsaturated/α-hetero) is 1. The Balaban J connectivity index is 1.51. The Labute approximate surface area is 204 Å². The van der Waals surface area contributed by atoms with Crippen molar-refractivity contribution in [3.05, 3.63) is 119 Å². The molecule has 0 saturated heterocycles. The smallest absolute Gasteiger partial charge is 0.315 e. The molecule has 2 aliphatic rings. The number of halogens is 1. The molecule has 1 heterocycles. The fourth-order valence-electron chi connectivity index (χ4n) is 5.17. The number of ketones is 1. The fraction of sp³-hybridized carbons (Fsp3) is 0.233. The maximum absolute atomic E-state index is 13.7. The number of hydrogen-bond donors (Lipinski definition) is 0. The maximum atomic E-state index is 13.7. The number of nitrogens with zero attached hydrogens (tertiary/aromatic N) is 1. The van der Waals surface area contributed by atoms with E-state index in [1.165, 1.54) is 12.1 Å². The van der Waals surface area contributed by atoms with Gasteiger partial charge in [-0.1, -0.05) is 72.8 Å². The molecule has 0 amide bonds. The Bertz CT molecular complexity index is 1300. The first-order chi connectivity index (χ1) is 17.0. The normalized spacial score (nSPS) is 21.8. The number of benzene rings is 3. The lowest BCUT2D eigenvalue weighted by atomic mass is 9.69. The summed E-state index contributed by atoms with van der Waals surface area (Å²) in [5.74, 6) is -2.10. The highest BCUT2D eigenvalue weighted by atomic mass is 19.1. The summed E-state index contributed by atoms with van der Waals surface area (Å²) < 4.78 is 19.4. The third-order valence-electron chi connectivity index (χ3n) is 6.87. The molecule has 5 heteroatoms. The zero-order valence-electron chi connectivity index (χ0n) is 19.5. The Kier molecular flexibility index (Phi) is 6.41. The molecular formula is C30H26FNO3. The van der Waals surface area contributed by atoms with Crippen LogP contribution in [-0.4, -0.2) is 17.5 Å². The van der Waals surface area contributed by atoms with Crippen molar-refractivity contribution in [3.8, 4) is 0 Å². The third kappa shape index (κ3) is 4.72. The molecule has 5 rings (SSSR count). The molecule has 0 spiro atoms. The molecular weight excluding hydrogens is 441 g/mol. The summed E-state index contributed by atoms with van der Waals surface area (Å²) in [6.07, 6.45) is 0.965. The van der Waals surface area contributed by atoms with E-state index in [0.29, 0.717) is 35.4 Å². The molecule has 35 heavy (non-hydrogen) atoms. The number of hydrogen-bond acceptors (Lipinski definition) is 4. The van der Waals surface area contributed by atoms with Gasteiger partial charge in [-0.2, -0.15) is 0 Å². The van der Waals surface area contributed by atoms with Crippen molar-refractivity contribution >= 4 is 17.5 Å². The first-order valence-electron chi connectivity index (χ1n) is 11.8. The first-order valence-corrected chi connectivity index (χ1v) is 11.8. The molecule has 1 aliphatic heterocycles. The van der Waals surface area contributed by atoms with Gasteiger partial charge in [0, 0.05) is 29.3 Å². The van der Waals surface area contributed by atoms with E-state index in [-0.39, 0.29) is 24.1 Å². The molecule has 3 aromatic carbocycles.